The molecule has 4 rings (SSSR count). The maximum absolute atomic E-state index is 13.0. The Balaban J connectivity index is 1.36. The van der Waals surface area contributed by atoms with Gasteiger partial charge < -0.3 is 4.90 Å². The van der Waals surface area contributed by atoms with E-state index in [1.807, 2.05) is 24.3 Å². The first-order valence-corrected chi connectivity index (χ1v) is 9.37. The molecule has 0 radical (unpaired) electrons. The smallest absolute Gasteiger partial charge is 0.244 e. The largest absolute Gasteiger partial charge is 0.308 e. The SMILES string of the molecule is Cc1cn[nH]c1CN1CCN(C2CCCN(c3cnn(C)c3)C2=O)CC1. The first-order chi connectivity index (χ1) is 12.6. The van der Waals surface area contributed by atoms with Crippen molar-refractivity contribution >= 4 is 11.6 Å². The minimum absolute atomic E-state index is 0.00000307. The Kier molecular flexibility index (Phi) is 4.78. The molecular formula is C18H27N7O. The number of anilines is 1. The molecule has 0 bridgehead atoms. The standard InChI is InChI=1S/C18H27N7O/c1-14-10-19-21-16(14)13-23-6-8-24(9-7-23)17-4-3-5-25(18(17)26)15-11-20-22(2)12-15/h10-12,17H,3-9,13H2,1-2H3,(H,19,21). The van der Waals surface area contributed by atoms with Crippen LogP contribution in [0.25, 0.3) is 0 Å². The molecule has 140 valence electrons. The van der Waals surface area contributed by atoms with Gasteiger partial charge in [0, 0.05) is 52.5 Å². The molecule has 2 aliphatic rings. The molecule has 4 heterocycles. The summed E-state index contributed by atoms with van der Waals surface area (Å²) in [5.41, 5.74) is 3.31. The second kappa shape index (κ2) is 7.20. The first kappa shape index (κ1) is 17.2. The molecule has 2 aliphatic heterocycles. The van der Waals surface area contributed by atoms with E-state index in [9.17, 15) is 4.79 Å². The highest BCUT2D eigenvalue weighted by molar-refractivity contribution is 5.97. The zero-order valence-corrected chi connectivity index (χ0v) is 15.6. The second-order valence-corrected chi connectivity index (χ2v) is 7.36. The summed E-state index contributed by atoms with van der Waals surface area (Å²) in [6, 6.07) is -0.00000307. The van der Waals surface area contributed by atoms with Gasteiger partial charge in [-0.25, -0.2) is 0 Å². The van der Waals surface area contributed by atoms with Crippen LogP contribution in [-0.4, -0.2) is 74.5 Å². The van der Waals surface area contributed by atoms with Gasteiger partial charge in [0.05, 0.1) is 29.8 Å². The van der Waals surface area contributed by atoms with Crippen molar-refractivity contribution in [2.45, 2.75) is 32.4 Å². The number of aromatic amines is 1. The van der Waals surface area contributed by atoms with Crippen LogP contribution >= 0.6 is 0 Å². The van der Waals surface area contributed by atoms with Crippen molar-refractivity contribution in [3.8, 4) is 0 Å². The summed E-state index contributed by atoms with van der Waals surface area (Å²) in [5, 5.41) is 11.4. The number of hydrogen-bond donors (Lipinski definition) is 1. The molecule has 2 fully saturated rings. The number of amides is 1. The fraction of sp³-hybridized carbons (Fsp3) is 0.611. The highest BCUT2D eigenvalue weighted by Gasteiger charge is 2.35. The van der Waals surface area contributed by atoms with Crippen molar-refractivity contribution < 1.29 is 4.79 Å². The lowest BCUT2D eigenvalue weighted by atomic mass is 10.0. The van der Waals surface area contributed by atoms with Gasteiger partial charge in [-0.2, -0.15) is 10.2 Å². The summed E-state index contributed by atoms with van der Waals surface area (Å²) in [6.45, 7) is 7.61. The van der Waals surface area contributed by atoms with Gasteiger partial charge in [-0.05, 0) is 25.3 Å². The number of carbonyl (C=O) groups excluding carboxylic acids is 1. The van der Waals surface area contributed by atoms with Crippen molar-refractivity contribution in [3.63, 3.8) is 0 Å². The Morgan fingerprint density at radius 1 is 1.19 bits per heavy atom. The molecule has 2 aromatic rings. The average molecular weight is 357 g/mol. The zero-order valence-electron chi connectivity index (χ0n) is 15.6. The quantitative estimate of drug-likeness (QED) is 0.875. The highest BCUT2D eigenvalue weighted by Crippen LogP contribution is 2.24. The predicted molar refractivity (Wildman–Crippen MR) is 98.8 cm³/mol. The van der Waals surface area contributed by atoms with Crippen molar-refractivity contribution in [2.75, 3.05) is 37.6 Å². The lowest BCUT2D eigenvalue weighted by Gasteiger charge is -2.42. The van der Waals surface area contributed by atoms with Crippen LogP contribution in [0.15, 0.2) is 18.6 Å². The highest BCUT2D eigenvalue weighted by atomic mass is 16.2. The van der Waals surface area contributed by atoms with Crippen molar-refractivity contribution in [3.05, 3.63) is 29.8 Å². The Morgan fingerprint density at radius 3 is 2.65 bits per heavy atom. The van der Waals surface area contributed by atoms with E-state index in [0.29, 0.717) is 0 Å². The monoisotopic (exact) mass is 357 g/mol. The van der Waals surface area contributed by atoms with Gasteiger partial charge in [0.25, 0.3) is 0 Å². The van der Waals surface area contributed by atoms with E-state index in [1.165, 1.54) is 11.3 Å². The molecule has 2 aromatic heterocycles. The van der Waals surface area contributed by atoms with Crippen molar-refractivity contribution in [2.24, 2.45) is 7.05 Å². The van der Waals surface area contributed by atoms with Gasteiger partial charge in [-0.1, -0.05) is 0 Å². The molecule has 0 saturated carbocycles. The number of aromatic nitrogens is 4. The number of piperidine rings is 1. The Bertz CT molecular complexity index is 759. The van der Waals surface area contributed by atoms with Gasteiger partial charge in [0.2, 0.25) is 5.91 Å². The molecule has 0 spiro atoms. The molecule has 1 amide bonds. The topological polar surface area (TPSA) is 73.3 Å². The average Bonchev–Trinajstić information content (AvgIpc) is 3.25. The minimum atomic E-state index is -0.00000307. The molecule has 0 aliphatic carbocycles. The zero-order chi connectivity index (χ0) is 18.1. The number of aryl methyl sites for hydroxylation is 2. The van der Waals surface area contributed by atoms with Gasteiger partial charge in [-0.3, -0.25) is 24.4 Å². The van der Waals surface area contributed by atoms with E-state index < -0.39 is 0 Å². The normalized spacial score (nSPS) is 22.9. The van der Waals surface area contributed by atoms with Crippen LogP contribution in [0.2, 0.25) is 0 Å². The van der Waals surface area contributed by atoms with Crippen molar-refractivity contribution in [1.29, 1.82) is 0 Å². The summed E-state index contributed by atoms with van der Waals surface area (Å²) in [7, 11) is 1.88. The third kappa shape index (κ3) is 3.39. The van der Waals surface area contributed by atoms with E-state index >= 15 is 0 Å². The molecule has 8 nitrogen and oxygen atoms in total. The number of hydrogen-bond acceptors (Lipinski definition) is 5. The molecule has 1 unspecified atom stereocenters. The van der Waals surface area contributed by atoms with Crippen molar-refractivity contribution in [1.82, 2.24) is 29.8 Å². The number of piperazine rings is 1. The van der Waals surface area contributed by atoms with Gasteiger partial charge >= 0.3 is 0 Å². The number of nitrogens with zero attached hydrogens (tertiary/aromatic N) is 6. The molecule has 26 heavy (non-hydrogen) atoms. The van der Waals surface area contributed by atoms with E-state index in [0.717, 1.165) is 57.8 Å². The summed E-state index contributed by atoms with van der Waals surface area (Å²) >= 11 is 0. The minimum Gasteiger partial charge on any atom is -0.308 e. The number of carbonyl (C=O) groups is 1. The van der Waals surface area contributed by atoms with Crippen LogP contribution in [0.3, 0.4) is 0 Å². The lowest BCUT2D eigenvalue weighted by Crippen LogP contribution is -2.57. The Hall–Kier alpha value is -2.19. The maximum Gasteiger partial charge on any atom is 0.244 e. The first-order valence-electron chi connectivity index (χ1n) is 9.37. The lowest BCUT2D eigenvalue weighted by molar-refractivity contribution is -0.126. The Labute approximate surface area is 153 Å². The van der Waals surface area contributed by atoms with Crippen LogP contribution in [-0.2, 0) is 18.4 Å². The van der Waals surface area contributed by atoms with Crippen LogP contribution in [0.1, 0.15) is 24.1 Å². The van der Waals surface area contributed by atoms with Gasteiger partial charge in [-0.15, -0.1) is 0 Å². The third-order valence-corrected chi connectivity index (χ3v) is 5.58. The number of rotatable bonds is 4. The number of nitrogens with one attached hydrogen (secondary N) is 1. The van der Waals surface area contributed by atoms with E-state index in [2.05, 4.69) is 32.0 Å². The summed E-state index contributed by atoms with van der Waals surface area (Å²) in [6.07, 6.45) is 7.57. The van der Waals surface area contributed by atoms with Crippen LogP contribution in [0.4, 0.5) is 5.69 Å². The van der Waals surface area contributed by atoms with Gasteiger partial charge in [0.1, 0.15) is 0 Å². The van der Waals surface area contributed by atoms with E-state index in [-0.39, 0.29) is 11.9 Å². The van der Waals surface area contributed by atoms with Crippen LogP contribution in [0, 0.1) is 6.92 Å². The maximum atomic E-state index is 13.0. The summed E-state index contributed by atoms with van der Waals surface area (Å²) in [4.78, 5) is 19.7. The molecule has 1 N–H and O–H groups in total. The van der Waals surface area contributed by atoms with E-state index in [4.69, 9.17) is 0 Å². The second-order valence-electron chi connectivity index (χ2n) is 7.36. The van der Waals surface area contributed by atoms with Crippen LogP contribution < -0.4 is 4.90 Å². The molecule has 0 aromatic carbocycles. The number of H-pyrrole nitrogens is 1. The molecular weight excluding hydrogens is 330 g/mol. The predicted octanol–water partition coefficient (Wildman–Crippen LogP) is 0.765. The van der Waals surface area contributed by atoms with Crippen LogP contribution in [0.5, 0.6) is 0 Å². The fourth-order valence-electron chi connectivity index (χ4n) is 3.99. The van der Waals surface area contributed by atoms with Gasteiger partial charge in [0.15, 0.2) is 0 Å². The Morgan fingerprint density at radius 2 is 2.00 bits per heavy atom. The van der Waals surface area contributed by atoms with E-state index in [1.54, 1.807) is 10.9 Å². The summed E-state index contributed by atoms with van der Waals surface area (Å²) in [5.74, 6) is 0.224. The molecule has 8 heteroatoms. The third-order valence-electron chi connectivity index (χ3n) is 5.58. The fourth-order valence-corrected chi connectivity index (χ4v) is 3.99. The molecule has 1 atom stereocenters. The summed E-state index contributed by atoms with van der Waals surface area (Å²) < 4.78 is 1.75. The molecule has 2 saturated heterocycles.